The molecule has 5 heteroatoms. The number of rotatable bonds is 15. The van der Waals surface area contributed by atoms with E-state index in [1.165, 1.54) is 43.7 Å². The Labute approximate surface area is 286 Å². The third-order valence-electron chi connectivity index (χ3n) is 8.55. The Kier molecular flexibility index (Phi) is 23.0. The van der Waals surface area contributed by atoms with E-state index >= 15 is 0 Å². The van der Waals surface area contributed by atoms with Crippen molar-refractivity contribution >= 4 is 11.4 Å². The Morgan fingerprint density at radius 1 is 0.556 bits per heavy atom. The quantitative estimate of drug-likeness (QED) is 0.147. The van der Waals surface area contributed by atoms with Crippen molar-refractivity contribution in [1.29, 1.82) is 0 Å². The molecule has 45 heavy (non-hydrogen) atoms. The van der Waals surface area contributed by atoms with Crippen LogP contribution in [-0.4, -0.2) is 28.1 Å². The fraction of sp³-hybridized carbons (Fsp3) is 0.600. The van der Waals surface area contributed by atoms with Crippen LogP contribution in [0, 0.1) is 0 Å². The molecule has 1 heterocycles. The molecule has 0 spiro atoms. The number of hydrogen-bond acceptors (Lipinski definition) is 2. The van der Waals surface area contributed by atoms with Crippen molar-refractivity contribution in [2.75, 3.05) is 13.2 Å². The van der Waals surface area contributed by atoms with E-state index < -0.39 is 0 Å². The van der Waals surface area contributed by atoms with Gasteiger partial charge in [-0.2, -0.15) is 0 Å². The molecule has 256 valence electrons. The molecule has 0 bridgehead atoms. The second-order valence-electron chi connectivity index (χ2n) is 11.6. The van der Waals surface area contributed by atoms with Gasteiger partial charge in [0.2, 0.25) is 11.4 Å². The predicted octanol–water partition coefficient (Wildman–Crippen LogP) is 10.6. The van der Waals surface area contributed by atoms with Gasteiger partial charge in [0.05, 0.1) is 0 Å². The minimum Gasteiger partial charge on any atom is -0.493 e. The first-order valence-electron chi connectivity index (χ1n) is 17.8. The Balaban J connectivity index is 0.00000153. The number of aliphatic hydroxyl groups is 2. The van der Waals surface area contributed by atoms with E-state index in [1.54, 1.807) is 0 Å². The summed E-state index contributed by atoms with van der Waals surface area (Å²) in [5.41, 5.74) is 25.7. The molecule has 0 saturated heterocycles. The van der Waals surface area contributed by atoms with E-state index in [1.807, 2.05) is 0 Å². The standard InChI is InChI=1S/C32H44N2.2C4H10O.Ni/c1-8-15-16-26-21-31(27-17-22(9-2)29(13-6)23(10-3)18-27)34(33)32(26)28-19-24(11-4)30(14-7)25(12-5)20-28;2*1-2-3-4-5;/h17-21H,8-16H2,1-7H3;2*5H,2-4H2,1H3;. The summed E-state index contributed by atoms with van der Waals surface area (Å²) in [6.45, 7) is 20.5. The van der Waals surface area contributed by atoms with Crippen LogP contribution >= 0.6 is 0 Å². The van der Waals surface area contributed by atoms with Gasteiger partial charge in [-0.1, -0.05) is 81.6 Å². The molecule has 0 saturated carbocycles. The summed E-state index contributed by atoms with van der Waals surface area (Å²) >= 11 is 0. The van der Waals surface area contributed by atoms with E-state index in [0.29, 0.717) is 13.2 Å². The van der Waals surface area contributed by atoms with Crippen LogP contribution in [0.3, 0.4) is 0 Å². The first kappa shape index (κ1) is 42.9. The zero-order valence-corrected chi connectivity index (χ0v) is 31.1. The van der Waals surface area contributed by atoms with Crippen molar-refractivity contribution in [1.82, 2.24) is 0 Å². The summed E-state index contributed by atoms with van der Waals surface area (Å²) in [4.78, 5) is 0. The summed E-state index contributed by atoms with van der Waals surface area (Å²) < 4.78 is 1.49. The van der Waals surface area contributed by atoms with Gasteiger partial charge in [-0.15, -0.1) is 0 Å². The largest absolute Gasteiger partial charge is 0.493 e. The van der Waals surface area contributed by atoms with Gasteiger partial charge in [-0.05, 0) is 122 Å². The molecule has 2 aromatic rings. The second-order valence-corrected chi connectivity index (χ2v) is 11.6. The SMILES string of the molecule is CCCCC1=C(c2cc(CC)c(CC)c(CC)c2)[N+](=[N-])C(c2cc(CC)c(CC)c(CC)c2)=C1.CCCCO.CCCCO.[Ni]. The first-order valence-corrected chi connectivity index (χ1v) is 17.8. The van der Waals surface area contributed by atoms with Crippen LogP contribution in [-0.2, 0) is 55.0 Å². The molecule has 0 unspecified atom stereocenters. The summed E-state index contributed by atoms with van der Waals surface area (Å²) in [7, 11) is 0. The number of aryl methyl sites for hydroxylation is 4. The zero-order valence-electron chi connectivity index (χ0n) is 30.1. The smallest absolute Gasteiger partial charge is 0.210 e. The Morgan fingerprint density at radius 2 is 0.933 bits per heavy atom. The Morgan fingerprint density at radius 3 is 1.22 bits per heavy atom. The fourth-order valence-corrected chi connectivity index (χ4v) is 5.99. The number of unbranched alkanes of at least 4 members (excludes halogenated alkanes) is 3. The summed E-state index contributed by atoms with van der Waals surface area (Å²) in [6, 6.07) is 9.27. The van der Waals surface area contributed by atoms with Crippen molar-refractivity contribution in [2.45, 2.75) is 146 Å². The minimum atomic E-state index is 0. The van der Waals surface area contributed by atoms with Crippen LogP contribution in [0.15, 0.2) is 35.9 Å². The van der Waals surface area contributed by atoms with Gasteiger partial charge in [0.25, 0.3) is 0 Å². The van der Waals surface area contributed by atoms with E-state index in [0.717, 1.165) is 106 Å². The number of hydrogen-bond donors (Lipinski definition) is 2. The zero-order chi connectivity index (χ0) is 33.1. The first-order chi connectivity index (χ1) is 21.3. The van der Waals surface area contributed by atoms with Crippen molar-refractivity contribution < 1.29 is 31.4 Å². The van der Waals surface area contributed by atoms with Crippen LogP contribution in [0.2, 0.25) is 0 Å². The molecule has 3 rings (SSSR count). The van der Waals surface area contributed by atoms with Crippen LogP contribution in [0.4, 0.5) is 0 Å². The van der Waals surface area contributed by atoms with Crippen LogP contribution in [0.5, 0.6) is 0 Å². The summed E-state index contributed by atoms with van der Waals surface area (Å²) in [6.07, 6.45) is 15.8. The second kappa shape index (κ2) is 24.2. The van der Waals surface area contributed by atoms with Crippen molar-refractivity contribution in [3.63, 3.8) is 0 Å². The Hall–Kier alpha value is -2.07. The van der Waals surface area contributed by atoms with E-state index in [-0.39, 0.29) is 16.5 Å². The van der Waals surface area contributed by atoms with E-state index in [4.69, 9.17) is 10.2 Å². The normalized spacial score (nSPS) is 12.2. The maximum absolute atomic E-state index is 11.6. The molecule has 0 atom stereocenters. The molecular weight excluding hydrogens is 599 g/mol. The third kappa shape index (κ3) is 12.2. The topological polar surface area (TPSA) is 65.8 Å². The number of benzene rings is 2. The van der Waals surface area contributed by atoms with Gasteiger partial charge in [-0.3, -0.25) is 0 Å². The van der Waals surface area contributed by atoms with Crippen LogP contribution in [0.1, 0.15) is 152 Å². The molecule has 4 nitrogen and oxygen atoms in total. The minimum absolute atomic E-state index is 0. The molecule has 0 radical (unpaired) electrons. The average molecular weight is 664 g/mol. The molecule has 0 aliphatic carbocycles. The van der Waals surface area contributed by atoms with Crippen LogP contribution in [0.25, 0.3) is 16.9 Å². The molecule has 2 N–H and O–H groups in total. The molecule has 0 amide bonds. The maximum Gasteiger partial charge on any atom is 0.210 e. The summed E-state index contributed by atoms with van der Waals surface area (Å²) in [5.74, 6) is 0. The monoisotopic (exact) mass is 662 g/mol. The molecular formula is C40H64N2NiO2. The maximum atomic E-state index is 11.6. The molecule has 1 aliphatic rings. The molecule has 1 aliphatic heterocycles. The van der Waals surface area contributed by atoms with Gasteiger partial charge < -0.3 is 15.7 Å². The number of aliphatic hydroxyl groups excluding tert-OH is 2. The fourth-order valence-electron chi connectivity index (χ4n) is 5.99. The Bertz CT molecular complexity index is 1170. The van der Waals surface area contributed by atoms with Crippen LogP contribution < -0.4 is 0 Å². The van der Waals surface area contributed by atoms with Crippen molar-refractivity contribution in [3.05, 3.63) is 86.0 Å². The third-order valence-corrected chi connectivity index (χ3v) is 8.55. The van der Waals surface area contributed by atoms with Crippen molar-refractivity contribution in [2.24, 2.45) is 0 Å². The number of nitrogens with zero attached hydrogens (tertiary/aromatic N) is 2. The van der Waals surface area contributed by atoms with E-state index in [2.05, 4.69) is 92.7 Å². The number of allylic oxidation sites excluding steroid dienone is 2. The van der Waals surface area contributed by atoms with Gasteiger partial charge in [0.15, 0.2) is 0 Å². The predicted molar refractivity (Wildman–Crippen MR) is 191 cm³/mol. The van der Waals surface area contributed by atoms with Gasteiger partial charge >= 0.3 is 0 Å². The van der Waals surface area contributed by atoms with Crippen molar-refractivity contribution in [3.8, 4) is 0 Å². The van der Waals surface area contributed by atoms with E-state index in [9.17, 15) is 5.53 Å². The molecule has 0 fully saturated rings. The van der Waals surface area contributed by atoms with Gasteiger partial charge in [0, 0.05) is 52.5 Å². The summed E-state index contributed by atoms with van der Waals surface area (Å²) in [5, 5.41) is 16.1. The molecule has 0 aromatic heterocycles. The van der Waals surface area contributed by atoms with Gasteiger partial charge in [-0.25, -0.2) is 4.70 Å². The average Bonchev–Trinajstić information content (AvgIpc) is 3.38. The van der Waals surface area contributed by atoms with Gasteiger partial charge in [0.1, 0.15) is 0 Å². The molecule has 2 aromatic carbocycles.